The molecule has 0 aliphatic rings. The van der Waals surface area contributed by atoms with Crippen LogP contribution in [0.5, 0.6) is 5.75 Å². The van der Waals surface area contributed by atoms with E-state index in [1.165, 1.54) is 12.1 Å². The topological polar surface area (TPSA) is 38.3 Å². The minimum atomic E-state index is -0.474. The zero-order chi connectivity index (χ0) is 14.5. The summed E-state index contributed by atoms with van der Waals surface area (Å²) in [6.45, 7) is 0. The van der Waals surface area contributed by atoms with Crippen molar-refractivity contribution < 1.29 is 13.9 Å². The number of nitrogens with one attached hydrogen (secondary N) is 1. The Kier molecular flexibility index (Phi) is 4.74. The van der Waals surface area contributed by atoms with Gasteiger partial charge in [0.15, 0.2) is 0 Å². The third-order valence-corrected chi connectivity index (χ3v) is 3.20. The first kappa shape index (κ1) is 14.5. The first-order valence-electron chi connectivity index (χ1n) is 5.96. The molecule has 1 N–H and O–H groups in total. The number of amides is 1. The molecule has 0 heterocycles. The van der Waals surface area contributed by atoms with Crippen LogP contribution < -0.4 is 10.1 Å². The smallest absolute Gasteiger partial charge is 0.228 e. The van der Waals surface area contributed by atoms with Crippen LogP contribution in [0.25, 0.3) is 0 Å². The summed E-state index contributed by atoms with van der Waals surface area (Å²) in [5.74, 6) is -0.0667. The molecule has 0 aromatic heterocycles. The summed E-state index contributed by atoms with van der Waals surface area (Å²) < 4.78 is 19.3. The van der Waals surface area contributed by atoms with Gasteiger partial charge < -0.3 is 10.1 Å². The fourth-order valence-electron chi connectivity index (χ4n) is 1.75. The van der Waals surface area contributed by atoms with E-state index in [9.17, 15) is 9.18 Å². The highest BCUT2D eigenvalue weighted by Crippen LogP contribution is 2.20. The average Bonchev–Trinajstić information content (AvgIpc) is 2.42. The fraction of sp³-hybridized carbons (Fsp3) is 0.133. The van der Waals surface area contributed by atoms with Crippen molar-refractivity contribution in [3.63, 3.8) is 0 Å². The monoisotopic (exact) mass is 337 g/mol. The zero-order valence-corrected chi connectivity index (χ0v) is 12.4. The molecule has 0 unspecified atom stereocenters. The molecule has 0 aliphatic carbocycles. The Bertz CT molecular complexity index is 631. The predicted octanol–water partition coefficient (Wildman–Crippen LogP) is 3.78. The molecule has 1 amide bonds. The van der Waals surface area contributed by atoms with E-state index >= 15 is 0 Å². The molecule has 0 saturated heterocycles. The summed E-state index contributed by atoms with van der Waals surface area (Å²) in [7, 11) is 1.57. The van der Waals surface area contributed by atoms with Gasteiger partial charge in [0.2, 0.25) is 5.91 Å². The Labute approximate surface area is 124 Å². The molecule has 5 heteroatoms. The minimum Gasteiger partial charge on any atom is -0.497 e. The highest BCUT2D eigenvalue weighted by atomic mass is 79.9. The number of benzene rings is 2. The van der Waals surface area contributed by atoms with Gasteiger partial charge in [-0.3, -0.25) is 4.79 Å². The van der Waals surface area contributed by atoms with Gasteiger partial charge in [-0.2, -0.15) is 0 Å². The number of hydrogen-bond donors (Lipinski definition) is 1. The Morgan fingerprint density at radius 3 is 2.80 bits per heavy atom. The lowest BCUT2D eigenvalue weighted by Crippen LogP contribution is -2.15. The lowest BCUT2D eigenvalue weighted by molar-refractivity contribution is -0.115. The molecular weight excluding hydrogens is 325 g/mol. The maximum atomic E-state index is 13.6. The summed E-state index contributed by atoms with van der Waals surface area (Å²) in [5.41, 5.74) is 0.973. The minimum absolute atomic E-state index is 0.159. The maximum absolute atomic E-state index is 13.6. The van der Waals surface area contributed by atoms with Crippen molar-refractivity contribution in [2.75, 3.05) is 12.4 Å². The zero-order valence-electron chi connectivity index (χ0n) is 10.8. The van der Waals surface area contributed by atoms with E-state index in [4.69, 9.17) is 4.74 Å². The molecule has 3 nitrogen and oxygen atoms in total. The van der Waals surface area contributed by atoms with Crippen LogP contribution >= 0.6 is 15.9 Å². The van der Waals surface area contributed by atoms with Gasteiger partial charge in [0, 0.05) is 4.47 Å². The first-order valence-corrected chi connectivity index (χ1v) is 6.75. The number of methoxy groups -OCH3 is 1. The van der Waals surface area contributed by atoms with Gasteiger partial charge in [-0.05, 0) is 35.9 Å². The Hall–Kier alpha value is -1.88. The van der Waals surface area contributed by atoms with Crippen LogP contribution in [0, 0.1) is 5.82 Å². The van der Waals surface area contributed by atoms with Crippen LogP contribution in [0.4, 0.5) is 10.1 Å². The number of hydrogen-bond acceptors (Lipinski definition) is 2. The van der Waals surface area contributed by atoms with Crippen molar-refractivity contribution in [1.29, 1.82) is 0 Å². The molecule has 0 saturated carbocycles. The molecule has 0 spiro atoms. The average molecular weight is 338 g/mol. The Morgan fingerprint density at radius 1 is 1.30 bits per heavy atom. The van der Waals surface area contributed by atoms with E-state index < -0.39 is 5.82 Å². The lowest BCUT2D eigenvalue weighted by Gasteiger charge is -2.07. The van der Waals surface area contributed by atoms with Crippen molar-refractivity contribution in [3.8, 4) is 5.75 Å². The molecule has 0 radical (unpaired) electrons. The molecular formula is C15H13BrFNO2. The summed E-state index contributed by atoms with van der Waals surface area (Å²) in [4.78, 5) is 11.9. The number of ether oxygens (including phenoxy) is 1. The van der Waals surface area contributed by atoms with E-state index in [1.54, 1.807) is 25.3 Å². The summed E-state index contributed by atoms with van der Waals surface area (Å²) in [6.07, 6.45) is 0.159. The number of rotatable bonds is 4. The van der Waals surface area contributed by atoms with E-state index in [2.05, 4.69) is 21.2 Å². The molecule has 0 bridgehead atoms. The second-order valence-corrected chi connectivity index (χ2v) is 5.12. The van der Waals surface area contributed by atoms with Crippen LogP contribution in [0.15, 0.2) is 46.9 Å². The first-order chi connectivity index (χ1) is 9.58. The second kappa shape index (κ2) is 6.52. The SMILES string of the molecule is COc1cccc(CC(=O)Nc2ccc(Br)cc2F)c1. The van der Waals surface area contributed by atoms with E-state index in [-0.39, 0.29) is 18.0 Å². The van der Waals surface area contributed by atoms with Crippen LogP contribution in [0.2, 0.25) is 0 Å². The van der Waals surface area contributed by atoms with Gasteiger partial charge in [-0.1, -0.05) is 28.1 Å². The van der Waals surface area contributed by atoms with Crippen molar-refractivity contribution in [2.45, 2.75) is 6.42 Å². The van der Waals surface area contributed by atoms with Gasteiger partial charge in [0.1, 0.15) is 11.6 Å². The van der Waals surface area contributed by atoms with Crippen molar-refractivity contribution in [1.82, 2.24) is 0 Å². The third kappa shape index (κ3) is 3.81. The number of anilines is 1. The fourth-order valence-corrected chi connectivity index (χ4v) is 2.09. The van der Waals surface area contributed by atoms with Crippen LogP contribution in [-0.4, -0.2) is 13.0 Å². The summed E-state index contributed by atoms with van der Waals surface area (Å²) in [6, 6.07) is 11.7. The summed E-state index contributed by atoms with van der Waals surface area (Å²) in [5, 5.41) is 2.55. The highest BCUT2D eigenvalue weighted by Gasteiger charge is 2.08. The largest absolute Gasteiger partial charge is 0.497 e. The summed E-state index contributed by atoms with van der Waals surface area (Å²) >= 11 is 3.17. The van der Waals surface area contributed by atoms with Crippen molar-refractivity contribution in [3.05, 3.63) is 58.3 Å². The molecule has 0 aliphatic heterocycles. The van der Waals surface area contributed by atoms with Gasteiger partial charge in [-0.15, -0.1) is 0 Å². The number of halogens is 2. The van der Waals surface area contributed by atoms with Crippen molar-refractivity contribution in [2.24, 2.45) is 0 Å². The molecule has 0 fully saturated rings. The number of carbonyl (C=O) groups is 1. The van der Waals surface area contributed by atoms with Gasteiger partial charge >= 0.3 is 0 Å². The highest BCUT2D eigenvalue weighted by molar-refractivity contribution is 9.10. The molecule has 104 valence electrons. The molecule has 0 atom stereocenters. The Balaban J connectivity index is 2.05. The Morgan fingerprint density at radius 2 is 2.10 bits per heavy atom. The van der Waals surface area contributed by atoms with Crippen LogP contribution in [-0.2, 0) is 11.2 Å². The maximum Gasteiger partial charge on any atom is 0.228 e. The predicted molar refractivity (Wildman–Crippen MR) is 79.4 cm³/mol. The molecule has 2 rings (SSSR count). The molecule has 2 aromatic carbocycles. The van der Waals surface area contributed by atoms with Crippen molar-refractivity contribution >= 4 is 27.5 Å². The third-order valence-electron chi connectivity index (χ3n) is 2.70. The van der Waals surface area contributed by atoms with Gasteiger partial charge in [0.05, 0.1) is 19.2 Å². The molecule has 2 aromatic rings. The van der Waals surface area contributed by atoms with E-state index in [0.29, 0.717) is 10.2 Å². The second-order valence-electron chi connectivity index (χ2n) is 4.20. The lowest BCUT2D eigenvalue weighted by atomic mass is 10.1. The van der Waals surface area contributed by atoms with E-state index in [0.717, 1.165) is 5.56 Å². The van der Waals surface area contributed by atoms with Gasteiger partial charge in [0.25, 0.3) is 0 Å². The normalized spacial score (nSPS) is 10.2. The molecule has 20 heavy (non-hydrogen) atoms. The number of carbonyl (C=O) groups excluding carboxylic acids is 1. The van der Waals surface area contributed by atoms with Crippen LogP contribution in [0.3, 0.4) is 0 Å². The van der Waals surface area contributed by atoms with Crippen LogP contribution in [0.1, 0.15) is 5.56 Å². The van der Waals surface area contributed by atoms with E-state index in [1.807, 2.05) is 12.1 Å². The quantitative estimate of drug-likeness (QED) is 0.921. The standard InChI is InChI=1S/C15H13BrFNO2/c1-20-12-4-2-3-10(7-12)8-15(19)18-14-6-5-11(16)9-13(14)17/h2-7,9H,8H2,1H3,(H,18,19). The van der Waals surface area contributed by atoms with Gasteiger partial charge in [-0.25, -0.2) is 4.39 Å².